The summed E-state index contributed by atoms with van der Waals surface area (Å²) < 4.78 is 1.98. The lowest BCUT2D eigenvalue weighted by molar-refractivity contribution is -0.123. The number of fused-ring (bicyclic) bond motifs is 3. The first-order chi connectivity index (χ1) is 25.7. The van der Waals surface area contributed by atoms with E-state index >= 15 is 0 Å². The molecule has 0 radical (unpaired) electrons. The fourth-order valence-electron chi connectivity index (χ4n) is 9.53. The number of hydrogen-bond donors (Lipinski definition) is 3. The van der Waals surface area contributed by atoms with Gasteiger partial charge in [0.2, 0.25) is 5.91 Å². The van der Waals surface area contributed by atoms with Gasteiger partial charge in [-0.3, -0.25) is 19.3 Å². The molecule has 0 atom stereocenters. The molecule has 7 rings (SSSR count). The Balaban J connectivity index is 0.00000160. The van der Waals surface area contributed by atoms with Gasteiger partial charge in [-0.05, 0) is 106 Å². The zero-order valence-corrected chi connectivity index (χ0v) is 33.5. The molecule has 2 aliphatic carbocycles. The number of nitrogens with zero attached hydrogens (tertiary/aromatic N) is 5. The summed E-state index contributed by atoms with van der Waals surface area (Å²) in [5.74, 6) is 0.0933. The molecule has 2 amide bonds. The van der Waals surface area contributed by atoms with E-state index in [-0.39, 0.29) is 24.8 Å². The molecule has 3 heterocycles. The highest BCUT2D eigenvalue weighted by molar-refractivity contribution is 6.36. The van der Waals surface area contributed by atoms with E-state index in [9.17, 15) is 9.59 Å². The van der Waals surface area contributed by atoms with Gasteiger partial charge < -0.3 is 30.1 Å². The number of hydrogen-bond acceptors (Lipinski definition) is 7. The van der Waals surface area contributed by atoms with Crippen LogP contribution in [0.5, 0.6) is 0 Å². The maximum Gasteiger partial charge on any atom is 0.291 e. The minimum absolute atomic E-state index is 0.121. The number of halogens is 1. The highest BCUT2D eigenvalue weighted by Crippen LogP contribution is 2.62. The summed E-state index contributed by atoms with van der Waals surface area (Å²) in [6.07, 6.45) is 10.1. The predicted octanol–water partition coefficient (Wildman–Crippen LogP) is 7.20. The van der Waals surface area contributed by atoms with Crippen molar-refractivity contribution in [1.82, 2.24) is 24.3 Å². The number of nitrogens with one attached hydrogen (secondary N) is 2. The van der Waals surface area contributed by atoms with Crippen LogP contribution in [-0.4, -0.2) is 94.5 Å². The number of likely N-dealkylation sites (N-methyl/N-ethyl adjacent to an activating group) is 2. The SMILES string of the molecule is CC1=C(N(C)CC(=O)Nc2cccc(-c3cccc(NC(=O)c4nc5c(n4C)CCN(CCC46CCC(C)(CC4)C6)C5)c3C)c2Cl)CCN(C)C1.O=CO. The van der Waals surface area contributed by atoms with Gasteiger partial charge in [0.15, 0.2) is 5.82 Å². The summed E-state index contributed by atoms with van der Waals surface area (Å²) in [6.45, 7) is 11.4. The van der Waals surface area contributed by atoms with E-state index in [0.717, 1.165) is 73.6 Å². The van der Waals surface area contributed by atoms with Crippen LogP contribution in [0.15, 0.2) is 47.7 Å². The Morgan fingerprint density at radius 1 is 0.981 bits per heavy atom. The monoisotopic (exact) mass is 757 g/mol. The Labute approximate surface area is 324 Å². The number of benzene rings is 2. The van der Waals surface area contributed by atoms with Crippen LogP contribution in [0.3, 0.4) is 0 Å². The molecule has 2 saturated carbocycles. The predicted molar refractivity (Wildman–Crippen MR) is 215 cm³/mol. The maximum absolute atomic E-state index is 13.7. The number of carbonyl (C=O) groups excluding carboxylic acids is 2. The van der Waals surface area contributed by atoms with Crippen molar-refractivity contribution in [2.75, 3.05) is 57.5 Å². The average molecular weight is 758 g/mol. The van der Waals surface area contributed by atoms with Crippen molar-refractivity contribution in [1.29, 1.82) is 0 Å². The van der Waals surface area contributed by atoms with Crippen molar-refractivity contribution in [3.05, 3.63) is 75.5 Å². The molecule has 0 spiro atoms. The molecule has 4 aliphatic rings. The second kappa shape index (κ2) is 16.3. The minimum Gasteiger partial charge on any atom is -0.483 e. The third-order valence-corrected chi connectivity index (χ3v) is 12.9. The fourth-order valence-corrected chi connectivity index (χ4v) is 9.81. The van der Waals surface area contributed by atoms with E-state index in [2.05, 4.69) is 41.3 Å². The van der Waals surface area contributed by atoms with Crippen LogP contribution in [0.25, 0.3) is 11.1 Å². The van der Waals surface area contributed by atoms with E-state index in [0.29, 0.717) is 33.1 Å². The largest absolute Gasteiger partial charge is 0.483 e. The Hall–Kier alpha value is -4.19. The van der Waals surface area contributed by atoms with E-state index in [1.807, 2.05) is 66.9 Å². The van der Waals surface area contributed by atoms with Crippen LogP contribution in [0, 0.1) is 17.8 Å². The second-order valence-electron chi connectivity index (χ2n) is 16.5. The van der Waals surface area contributed by atoms with Gasteiger partial charge in [0.05, 0.1) is 22.9 Å². The van der Waals surface area contributed by atoms with Crippen LogP contribution in [0.4, 0.5) is 11.4 Å². The smallest absolute Gasteiger partial charge is 0.291 e. The normalized spacial score (nSPS) is 22.4. The zero-order chi connectivity index (χ0) is 38.8. The van der Waals surface area contributed by atoms with E-state index in [4.69, 9.17) is 26.5 Å². The van der Waals surface area contributed by atoms with E-state index in [1.54, 1.807) is 0 Å². The van der Waals surface area contributed by atoms with Crippen molar-refractivity contribution < 1.29 is 19.5 Å². The molecule has 2 aromatic carbocycles. The van der Waals surface area contributed by atoms with Crippen molar-refractivity contribution in [2.45, 2.75) is 78.7 Å². The minimum atomic E-state index is -0.250. The van der Waals surface area contributed by atoms with Crippen molar-refractivity contribution in [2.24, 2.45) is 17.9 Å². The third kappa shape index (κ3) is 8.38. The van der Waals surface area contributed by atoms with Gasteiger partial charge in [-0.15, -0.1) is 0 Å². The van der Waals surface area contributed by atoms with E-state index in [1.165, 1.54) is 49.8 Å². The van der Waals surface area contributed by atoms with Crippen LogP contribution in [-0.2, 0) is 29.6 Å². The number of imidazole rings is 1. The summed E-state index contributed by atoms with van der Waals surface area (Å²) in [5, 5.41) is 13.5. The number of amides is 2. The number of anilines is 2. The summed E-state index contributed by atoms with van der Waals surface area (Å²) >= 11 is 6.96. The van der Waals surface area contributed by atoms with Gasteiger partial charge in [0.1, 0.15) is 0 Å². The van der Waals surface area contributed by atoms with Gasteiger partial charge in [0, 0.05) is 75.8 Å². The molecular weight excluding hydrogens is 702 g/mol. The molecule has 3 N–H and O–H groups in total. The summed E-state index contributed by atoms with van der Waals surface area (Å²) in [4.78, 5) is 47.0. The Morgan fingerprint density at radius 2 is 1.67 bits per heavy atom. The lowest BCUT2D eigenvalue weighted by atomic mass is 9.80. The first-order valence-electron chi connectivity index (χ1n) is 19.2. The topological polar surface area (TPSA) is 123 Å². The summed E-state index contributed by atoms with van der Waals surface area (Å²) in [7, 11) is 6.05. The van der Waals surface area contributed by atoms with Gasteiger partial charge in [-0.1, -0.05) is 42.8 Å². The van der Waals surface area contributed by atoms with Gasteiger partial charge in [-0.25, -0.2) is 4.98 Å². The van der Waals surface area contributed by atoms with Gasteiger partial charge in [0.25, 0.3) is 12.4 Å². The van der Waals surface area contributed by atoms with Gasteiger partial charge in [-0.2, -0.15) is 0 Å². The second-order valence-corrected chi connectivity index (χ2v) is 16.9. The molecule has 290 valence electrons. The first kappa shape index (κ1) is 39.5. The van der Waals surface area contributed by atoms with Crippen molar-refractivity contribution in [3.8, 4) is 11.1 Å². The number of carboxylic acid groups (broad SMARTS) is 1. The molecule has 11 nitrogen and oxygen atoms in total. The first-order valence-corrected chi connectivity index (χ1v) is 19.6. The summed E-state index contributed by atoms with van der Waals surface area (Å²) in [5.41, 5.74) is 9.67. The molecular formula is C42H56ClN7O4. The van der Waals surface area contributed by atoms with Crippen molar-refractivity contribution in [3.63, 3.8) is 0 Å². The summed E-state index contributed by atoms with van der Waals surface area (Å²) in [6, 6.07) is 11.5. The average Bonchev–Trinajstić information content (AvgIpc) is 3.77. The molecule has 1 aromatic heterocycles. The molecule has 2 aliphatic heterocycles. The third-order valence-electron chi connectivity index (χ3n) is 12.5. The fraction of sp³-hybridized carbons (Fsp3) is 0.524. The van der Waals surface area contributed by atoms with Gasteiger partial charge >= 0.3 is 0 Å². The maximum atomic E-state index is 13.7. The molecule has 54 heavy (non-hydrogen) atoms. The molecule has 2 bridgehead atoms. The molecule has 2 fully saturated rings. The molecule has 12 heteroatoms. The molecule has 0 saturated heterocycles. The highest BCUT2D eigenvalue weighted by Gasteiger charge is 2.51. The number of aromatic nitrogens is 2. The quantitative estimate of drug-likeness (QED) is 0.186. The highest BCUT2D eigenvalue weighted by atomic mass is 35.5. The van der Waals surface area contributed by atoms with Crippen molar-refractivity contribution >= 4 is 41.3 Å². The standard InChI is InChI=1S/C41H54ClN7O2.CH2O2/c1-27-23-46(4)20-13-34(27)47(5)25-36(50)43-32-12-8-10-30(37(32)42)29-9-7-11-31(28(29)2)45-39(51)38-44-33-24-49(21-14-35(33)48(38)6)22-19-41-17-15-40(3,26-41)16-18-41;2-1-3/h7-12H,13-26H2,1-6H3,(H,43,50)(H,45,51);1H,(H,2,3). The lowest BCUT2D eigenvalue weighted by Gasteiger charge is -2.32. The van der Waals surface area contributed by atoms with Crippen LogP contribution >= 0.6 is 11.6 Å². The Kier molecular flexibility index (Phi) is 11.9. The molecule has 3 aromatic rings. The van der Waals surface area contributed by atoms with Crippen LogP contribution < -0.4 is 10.6 Å². The lowest BCUT2D eigenvalue weighted by Crippen LogP contribution is -2.36. The van der Waals surface area contributed by atoms with Crippen LogP contribution in [0.2, 0.25) is 5.02 Å². The van der Waals surface area contributed by atoms with E-state index < -0.39 is 0 Å². The Morgan fingerprint density at radius 3 is 2.33 bits per heavy atom. The zero-order valence-electron chi connectivity index (χ0n) is 32.7. The number of carbonyl (C=O) groups is 3. The van der Waals surface area contributed by atoms with Crippen LogP contribution in [0.1, 0.15) is 86.4 Å². The number of rotatable bonds is 10. The molecule has 0 unspecified atom stereocenters. The Bertz CT molecular complexity index is 1930.